The third-order valence-corrected chi connectivity index (χ3v) is 3.57. The van der Waals surface area contributed by atoms with Gasteiger partial charge in [-0.25, -0.2) is 4.39 Å². The van der Waals surface area contributed by atoms with Crippen LogP contribution in [0.2, 0.25) is 0 Å². The van der Waals surface area contributed by atoms with Gasteiger partial charge in [0.15, 0.2) is 0 Å². The van der Waals surface area contributed by atoms with E-state index in [-0.39, 0.29) is 28.7 Å². The molecule has 0 heterocycles. The van der Waals surface area contributed by atoms with Gasteiger partial charge in [0.2, 0.25) is 5.91 Å². The third-order valence-electron chi connectivity index (χ3n) is 2.33. The van der Waals surface area contributed by atoms with E-state index < -0.39 is 5.82 Å². The number of rotatable bonds is 5. The van der Waals surface area contributed by atoms with E-state index in [1.165, 1.54) is 23.9 Å². The van der Waals surface area contributed by atoms with E-state index >= 15 is 0 Å². The maximum absolute atomic E-state index is 12.8. The fourth-order valence-corrected chi connectivity index (χ4v) is 2.30. The second-order valence-electron chi connectivity index (χ2n) is 3.99. The highest BCUT2D eigenvalue weighted by Gasteiger charge is 2.17. The molecule has 4 nitrogen and oxygen atoms in total. The fraction of sp³-hybridized carbons (Fsp3) is 0.417. The highest BCUT2D eigenvalue weighted by atomic mass is 32.2. The lowest BCUT2D eigenvalue weighted by atomic mass is 10.2. The summed E-state index contributed by atoms with van der Waals surface area (Å²) in [5, 5.41) is 11.2. The molecule has 100 valence electrons. The van der Waals surface area contributed by atoms with E-state index in [4.69, 9.17) is 10.8 Å². The van der Waals surface area contributed by atoms with Crippen molar-refractivity contribution < 1.29 is 14.3 Å². The monoisotopic (exact) mass is 272 g/mol. The number of hydrogen-bond donors (Lipinski definition) is 3. The summed E-state index contributed by atoms with van der Waals surface area (Å²) in [5.74, 6) is -0.666. The second kappa shape index (κ2) is 6.61. The third kappa shape index (κ3) is 4.19. The van der Waals surface area contributed by atoms with Crippen molar-refractivity contribution in [2.45, 2.75) is 24.3 Å². The molecule has 1 amide bonds. The van der Waals surface area contributed by atoms with Gasteiger partial charge in [-0.2, -0.15) is 0 Å². The number of amides is 1. The van der Waals surface area contributed by atoms with Crippen LogP contribution < -0.4 is 11.1 Å². The molecule has 0 aromatic heterocycles. The number of nitrogens with two attached hydrogens (primary N) is 1. The van der Waals surface area contributed by atoms with E-state index in [2.05, 4.69) is 5.32 Å². The van der Waals surface area contributed by atoms with Crippen molar-refractivity contribution in [3.05, 3.63) is 24.0 Å². The molecule has 4 N–H and O–H groups in total. The van der Waals surface area contributed by atoms with Crippen molar-refractivity contribution in [2.24, 2.45) is 0 Å². The summed E-state index contributed by atoms with van der Waals surface area (Å²) >= 11 is 1.36. The van der Waals surface area contributed by atoms with Gasteiger partial charge in [0.1, 0.15) is 5.82 Å². The van der Waals surface area contributed by atoms with Gasteiger partial charge in [0.25, 0.3) is 0 Å². The van der Waals surface area contributed by atoms with Gasteiger partial charge in [0, 0.05) is 5.25 Å². The van der Waals surface area contributed by atoms with Crippen molar-refractivity contribution >= 4 is 29.0 Å². The van der Waals surface area contributed by atoms with Gasteiger partial charge in [0.05, 0.1) is 23.2 Å². The molecule has 0 saturated heterocycles. The summed E-state index contributed by atoms with van der Waals surface area (Å²) < 4.78 is 12.8. The van der Waals surface area contributed by atoms with Crippen LogP contribution in [0.5, 0.6) is 0 Å². The summed E-state index contributed by atoms with van der Waals surface area (Å²) in [6, 6.07) is 3.82. The van der Waals surface area contributed by atoms with E-state index in [1.54, 1.807) is 6.92 Å². The minimum absolute atomic E-state index is 0.0149. The molecule has 1 rings (SSSR count). The first kappa shape index (κ1) is 14.8. The Morgan fingerprint density at radius 3 is 2.78 bits per heavy atom. The van der Waals surface area contributed by atoms with Crippen LogP contribution in [0.15, 0.2) is 18.2 Å². The zero-order chi connectivity index (χ0) is 13.7. The lowest BCUT2D eigenvalue weighted by molar-refractivity contribution is -0.115. The smallest absolute Gasteiger partial charge is 0.237 e. The average Bonchev–Trinajstić information content (AvgIpc) is 2.32. The number of nitrogen functional groups attached to an aromatic ring is 1. The highest BCUT2D eigenvalue weighted by Crippen LogP contribution is 2.22. The van der Waals surface area contributed by atoms with Crippen LogP contribution in [-0.4, -0.2) is 28.1 Å². The molecule has 0 bridgehead atoms. The highest BCUT2D eigenvalue weighted by molar-refractivity contribution is 8.01. The minimum atomic E-state index is -0.443. The molecule has 2 unspecified atom stereocenters. The van der Waals surface area contributed by atoms with Crippen molar-refractivity contribution in [1.29, 1.82) is 0 Å². The van der Waals surface area contributed by atoms with Gasteiger partial charge in [-0.1, -0.05) is 6.92 Å². The zero-order valence-corrected chi connectivity index (χ0v) is 11.1. The SMILES string of the molecule is CC(CO)SC(C)C(=O)Nc1ccc(F)cc1N. The molecule has 0 aliphatic rings. The summed E-state index contributed by atoms with van der Waals surface area (Å²) in [6.07, 6.45) is 0. The predicted octanol–water partition coefficient (Wildman–Crippen LogP) is 1.85. The first-order valence-corrected chi connectivity index (χ1v) is 6.50. The van der Waals surface area contributed by atoms with Gasteiger partial charge in [-0.15, -0.1) is 11.8 Å². The molecular formula is C12H17FN2O2S. The maximum Gasteiger partial charge on any atom is 0.237 e. The Morgan fingerprint density at radius 1 is 1.56 bits per heavy atom. The Kier molecular flexibility index (Phi) is 5.43. The predicted molar refractivity (Wildman–Crippen MR) is 73.0 cm³/mol. The molecule has 0 fully saturated rings. The zero-order valence-electron chi connectivity index (χ0n) is 10.3. The van der Waals surface area contributed by atoms with Gasteiger partial charge < -0.3 is 16.2 Å². The van der Waals surface area contributed by atoms with Crippen LogP contribution in [0.4, 0.5) is 15.8 Å². The number of hydrogen-bond acceptors (Lipinski definition) is 4. The molecule has 0 aliphatic heterocycles. The molecule has 6 heteroatoms. The van der Waals surface area contributed by atoms with Crippen LogP contribution in [0.1, 0.15) is 13.8 Å². The normalized spacial score (nSPS) is 14.0. The van der Waals surface area contributed by atoms with Gasteiger partial charge in [-0.05, 0) is 25.1 Å². The summed E-state index contributed by atoms with van der Waals surface area (Å²) in [5.41, 5.74) is 6.18. The number of carbonyl (C=O) groups excluding carboxylic acids is 1. The summed E-state index contributed by atoms with van der Waals surface area (Å²) in [7, 11) is 0. The van der Waals surface area contributed by atoms with Crippen molar-refractivity contribution in [1.82, 2.24) is 0 Å². The molecule has 0 spiro atoms. The van der Waals surface area contributed by atoms with Crippen LogP contribution in [-0.2, 0) is 4.79 Å². The number of thioether (sulfide) groups is 1. The lowest BCUT2D eigenvalue weighted by Crippen LogP contribution is -2.25. The number of aliphatic hydroxyl groups excluding tert-OH is 1. The van der Waals surface area contributed by atoms with Crippen molar-refractivity contribution in [2.75, 3.05) is 17.7 Å². The van der Waals surface area contributed by atoms with E-state index in [0.717, 1.165) is 6.07 Å². The Morgan fingerprint density at radius 2 is 2.22 bits per heavy atom. The van der Waals surface area contributed by atoms with Crippen molar-refractivity contribution in [3.8, 4) is 0 Å². The first-order chi connectivity index (χ1) is 8.43. The van der Waals surface area contributed by atoms with Gasteiger partial charge in [-0.3, -0.25) is 4.79 Å². The Bertz CT molecular complexity index is 429. The van der Waals surface area contributed by atoms with Gasteiger partial charge >= 0.3 is 0 Å². The molecule has 18 heavy (non-hydrogen) atoms. The number of aliphatic hydroxyl groups is 1. The van der Waals surface area contributed by atoms with Crippen molar-refractivity contribution in [3.63, 3.8) is 0 Å². The topological polar surface area (TPSA) is 75.3 Å². The Balaban J connectivity index is 2.64. The van der Waals surface area contributed by atoms with Crippen LogP contribution >= 0.6 is 11.8 Å². The molecule has 2 atom stereocenters. The van der Waals surface area contributed by atoms with Crippen LogP contribution in [0.25, 0.3) is 0 Å². The summed E-state index contributed by atoms with van der Waals surface area (Å²) in [6.45, 7) is 3.59. The van der Waals surface area contributed by atoms with E-state index in [0.29, 0.717) is 5.69 Å². The Hall–Kier alpha value is -1.27. The van der Waals surface area contributed by atoms with E-state index in [1.807, 2.05) is 6.92 Å². The number of halogens is 1. The molecule has 1 aromatic rings. The maximum atomic E-state index is 12.8. The molecule has 0 saturated carbocycles. The van der Waals surface area contributed by atoms with Crippen LogP contribution in [0.3, 0.4) is 0 Å². The second-order valence-corrected chi connectivity index (χ2v) is 5.78. The van der Waals surface area contributed by atoms with E-state index in [9.17, 15) is 9.18 Å². The number of carbonyl (C=O) groups is 1. The molecule has 0 radical (unpaired) electrons. The minimum Gasteiger partial charge on any atom is -0.397 e. The largest absolute Gasteiger partial charge is 0.397 e. The molecule has 0 aliphatic carbocycles. The summed E-state index contributed by atoms with van der Waals surface area (Å²) in [4.78, 5) is 11.8. The molecule has 1 aromatic carbocycles. The molecular weight excluding hydrogens is 255 g/mol. The number of nitrogens with one attached hydrogen (secondary N) is 1. The quantitative estimate of drug-likeness (QED) is 0.715. The fourth-order valence-electron chi connectivity index (χ4n) is 1.34. The van der Waals surface area contributed by atoms with Crippen LogP contribution in [0, 0.1) is 5.82 Å². The number of anilines is 2. The average molecular weight is 272 g/mol. The first-order valence-electron chi connectivity index (χ1n) is 5.56. The number of benzene rings is 1. The lowest BCUT2D eigenvalue weighted by Gasteiger charge is -2.16. The Labute approximate surface area is 110 Å². The standard InChI is InChI=1S/C12H17FN2O2S/c1-7(6-16)18-8(2)12(17)15-11-4-3-9(13)5-10(11)14/h3-5,7-8,16H,6,14H2,1-2H3,(H,15,17).